The molecule has 1 N–H and O–H groups in total. The highest BCUT2D eigenvalue weighted by Gasteiger charge is 2.36. The topological polar surface area (TPSA) is 59.3 Å². The molecule has 2 heterocycles. The highest BCUT2D eigenvalue weighted by Crippen LogP contribution is 2.38. The zero-order valence-corrected chi connectivity index (χ0v) is 13.8. The quantitative estimate of drug-likeness (QED) is 0.938. The Morgan fingerprint density at radius 1 is 1.41 bits per heavy atom. The largest absolute Gasteiger partial charge is 0.455 e. The first kappa shape index (κ1) is 15.0. The SMILES string of the molecule is Cc1c(C(=O)NCc2cccs2)oc2c1C(=O)CC(C)(C)C2. The second-order valence-electron chi connectivity index (χ2n) is 6.56. The number of furan rings is 1. The van der Waals surface area contributed by atoms with Crippen molar-refractivity contribution in [1.82, 2.24) is 5.32 Å². The zero-order chi connectivity index (χ0) is 15.9. The molecule has 5 heteroatoms. The minimum absolute atomic E-state index is 0.0739. The molecule has 1 aliphatic carbocycles. The molecule has 0 unspecified atom stereocenters. The summed E-state index contributed by atoms with van der Waals surface area (Å²) >= 11 is 1.59. The van der Waals surface area contributed by atoms with E-state index in [4.69, 9.17) is 4.42 Å². The fraction of sp³-hybridized carbons (Fsp3) is 0.412. The van der Waals surface area contributed by atoms with Gasteiger partial charge in [0.2, 0.25) is 0 Å². The fourth-order valence-electron chi connectivity index (χ4n) is 2.96. The number of carbonyl (C=O) groups is 2. The van der Waals surface area contributed by atoms with E-state index in [1.807, 2.05) is 31.4 Å². The third-order valence-corrected chi connectivity index (χ3v) is 4.86. The molecule has 3 rings (SSSR count). The Kier molecular flexibility index (Phi) is 3.68. The van der Waals surface area contributed by atoms with Gasteiger partial charge < -0.3 is 9.73 Å². The van der Waals surface area contributed by atoms with Crippen LogP contribution >= 0.6 is 11.3 Å². The lowest BCUT2D eigenvalue weighted by molar-refractivity contribution is 0.0888. The van der Waals surface area contributed by atoms with Gasteiger partial charge in [0.1, 0.15) is 5.76 Å². The molecule has 0 bridgehead atoms. The number of carbonyl (C=O) groups excluding carboxylic acids is 2. The Morgan fingerprint density at radius 2 is 2.18 bits per heavy atom. The molecule has 0 saturated carbocycles. The van der Waals surface area contributed by atoms with Crippen molar-refractivity contribution in [2.75, 3.05) is 0 Å². The highest BCUT2D eigenvalue weighted by molar-refractivity contribution is 7.09. The average Bonchev–Trinajstić information content (AvgIpc) is 3.02. The van der Waals surface area contributed by atoms with E-state index in [1.165, 1.54) is 0 Å². The van der Waals surface area contributed by atoms with E-state index in [0.717, 1.165) is 4.88 Å². The summed E-state index contributed by atoms with van der Waals surface area (Å²) in [6.45, 7) is 6.35. The van der Waals surface area contributed by atoms with E-state index >= 15 is 0 Å². The molecule has 0 fully saturated rings. The summed E-state index contributed by atoms with van der Waals surface area (Å²) in [6.07, 6.45) is 1.18. The molecule has 4 nitrogen and oxygen atoms in total. The maximum atomic E-state index is 12.3. The molecule has 0 aliphatic heterocycles. The minimum Gasteiger partial charge on any atom is -0.455 e. The molecule has 1 amide bonds. The summed E-state index contributed by atoms with van der Waals surface area (Å²) in [5, 5.41) is 4.82. The number of Topliss-reactive ketones (excluding diaryl/α,β-unsaturated/α-hetero) is 1. The van der Waals surface area contributed by atoms with Gasteiger partial charge in [0, 0.05) is 23.3 Å². The molecule has 116 valence electrons. The number of thiophene rings is 1. The van der Waals surface area contributed by atoms with Crippen molar-refractivity contribution < 1.29 is 14.0 Å². The van der Waals surface area contributed by atoms with Crippen LogP contribution in [-0.2, 0) is 13.0 Å². The molecular formula is C17H19NO3S. The third kappa shape index (κ3) is 2.73. The summed E-state index contributed by atoms with van der Waals surface area (Å²) in [5.41, 5.74) is 1.17. The fourth-order valence-corrected chi connectivity index (χ4v) is 3.60. The minimum atomic E-state index is -0.258. The lowest BCUT2D eigenvalue weighted by Crippen LogP contribution is -2.26. The van der Waals surface area contributed by atoms with E-state index in [0.29, 0.717) is 36.3 Å². The van der Waals surface area contributed by atoms with Crippen LogP contribution in [-0.4, -0.2) is 11.7 Å². The van der Waals surface area contributed by atoms with Crippen LogP contribution in [0.4, 0.5) is 0 Å². The monoisotopic (exact) mass is 317 g/mol. The Morgan fingerprint density at radius 3 is 2.86 bits per heavy atom. The summed E-state index contributed by atoms with van der Waals surface area (Å²) in [5.74, 6) is 0.739. The molecule has 1 aliphatic rings. The first-order valence-electron chi connectivity index (χ1n) is 7.33. The van der Waals surface area contributed by atoms with Gasteiger partial charge in [0.05, 0.1) is 12.1 Å². The Hall–Kier alpha value is -1.88. The number of fused-ring (bicyclic) bond motifs is 1. The number of nitrogens with one attached hydrogen (secondary N) is 1. The van der Waals surface area contributed by atoms with Crippen molar-refractivity contribution >= 4 is 23.0 Å². The number of hydrogen-bond acceptors (Lipinski definition) is 4. The van der Waals surface area contributed by atoms with Gasteiger partial charge in [-0.15, -0.1) is 11.3 Å². The number of hydrogen-bond donors (Lipinski definition) is 1. The maximum Gasteiger partial charge on any atom is 0.287 e. The van der Waals surface area contributed by atoms with Gasteiger partial charge in [0.25, 0.3) is 5.91 Å². The van der Waals surface area contributed by atoms with Crippen molar-refractivity contribution in [2.24, 2.45) is 5.41 Å². The van der Waals surface area contributed by atoms with Crippen LogP contribution < -0.4 is 5.32 Å². The molecule has 0 saturated heterocycles. The van der Waals surface area contributed by atoms with E-state index in [1.54, 1.807) is 18.3 Å². The lowest BCUT2D eigenvalue weighted by Gasteiger charge is -2.27. The Balaban J connectivity index is 1.83. The predicted molar refractivity (Wildman–Crippen MR) is 85.4 cm³/mol. The van der Waals surface area contributed by atoms with Crippen LogP contribution in [0.15, 0.2) is 21.9 Å². The number of ketones is 1. The van der Waals surface area contributed by atoms with Gasteiger partial charge >= 0.3 is 0 Å². The first-order chi connectivity index (χ1) is 10.4. The molecular weight excluding hydrogens is 298 g/mol. The van der Waals surface area contributed by atoms with Crippen molar-refractivity contribution in [3.63, 3.8) is 0 Å². The van der Waals surface area contributed by atoms with Gasteiger partial charge in [-0.3, -0.25) is 9.59 Å². The molecule has 22 heavy (non-hydrogen) atoms. The summed E-state index contributed by atoms with van der Waals surface area (Å²) < 4.78 is 5.75. The highest BCUT2D eigenvalue weighted by atomic mass is 32.1. The Labute approximate surface area is 133 Å². The van der Waals surface area contributed by atoms with Crippen LogP contribution in [0, 0.1) is 12.3 Å². The smallest absolute Gasteiger partial charge is 0.287 e. The lowest BCUT2D eigenvalue weighted by atomic mass is 9.76. The van der Waals surface area contributed by atoms with Gasteiger partial charge in [-0.1, -0.05) is 19.9 Å². The van der Waals surface area contributed by atoms with Crippen LogP contribution in [0.1, 0.15) is 57.4 Å². The van der Waals surface area contributed by atoms with E-state index in [-0.39, 0.29) is 22.9 Å². The van der Waals surface area contributed by atoms with Gasteiger partial charge in [-0.2, -0.15) is 0 Å². The summed E-state index contributed by atoms with van der Waals surface area (Å²) in [4.78, 5) is 25.7. The van der Waals surface area contributed by atoms with E-state index < -0.39 is 0 Å². The van der Waals surface area contributed by atoms with Crippen LogP contribution in [0.5, 0.6) is 0 Å². The van der Waals surface area contributed by atoms with E-state index in [9.17, 15) is 9.59 Å². The Bertz CT molecular complexity index is 725. The normalized spacial score (nSPS) is 16.4. The standard InChI is InChI=1S/C17H19NO3S/c1-10-14-12(19)7-17(2,3)8-13(14)21-15(10)16(20)18-9-11-5-4-6-22-11/h4-6H,7-9H2,1-3H3,(H,18,20). The molecule has 2 aromatic heterocycles. The van der Waals surface area contributed by atoms with Crippen molar-refractivity contribution in [3.05, 3.63) is 45.0 Å². The van der Waals surface area contributed by atoms with Gasteiger partial charge in [-0.05, 0) is 23.8 Å². The molecule has 2 aromatic rings. The summed E-state index contributed by atoms with van der Waals surface area (Å²) in [6, 6.07) is 3.92. The average molecular weight is 317 g/mol. The maximum absolute atomic E-state index is 12.3. The number of amides is 1. The molecule has 0 spiro atoms. The van der Waals surface area contributed by atoms with Crippen LogP contribution in [0.25, 0.3) is 0 Å². The van der Waals surface area contributed by atoms with E-state index in [2.05, 4.69) is 5.32 Å². The summed E-state index contributed by atoms with van der Waals surface area (Å²) in [7, 11) is 0. The molecule has 0 atom stereocenters. The number of rotatable bonds is 3. The van der Waals surface area contributed by atoms with Crippen molar-refractivity contribution in [3.8, 4) is 0 Å². The van der Waals surface area contributed by atoms with Crippen molar-refractivity contribution in [2.45, 2.75) is 40.2 Å². The van der Waals surface area contributed by atoms with Crippen molar-refractivity contribution in [1.29, 1.82) is 0 Å². The molecule has 0 aromatic carbocycles. The molecule has 0 radical (unpaired) electrons. The van der Waals surface area contributed by atoms with Crippen LogP contribution in [0.3, 0.4) is 0 Å². The first-order valence-corrected chi connectivity index (χ1v) is 8.21. The second-order valence-corrected chi connectivity index (χ2v) is 7.59. The van der Waals surface area contributed by atoms with Crippen LogP contribution in [0.2, 0.25) is 0 Å². The van der Waals surface area contributed by atoms with Gasteiger partial charge in [0.15, 0.2) is 11.5 Å². The zero-order valence-electron chi connectivity index (χ0n) is 13.0. The third-order valence-electron chi connectivity index (χ3n) is 3.99. The predicted octanol–water partition coefficient (Wildman–Crippen LogP) is 3.73. The second kappa shape index (κ2) is 5.39. The van der Waals surface area contributed by atoms with Gasteiger partial charge in [-0.25, -0.2) is 0 Å².